The standard InChI is InChI=1S/C73H140B8O17Si/c1-39-40-56(82-99(37,38)57(2,3)4)47-54(80-95-70(29,30)71(31,32)96-80)45-52(78-91-66(21,22)67(23,24)92-78)43-50(76-87-62(13,14)63(15,16)88-76)41-49(75-85-60(9,10)61(11,12)86-75)42-51(77-89-64(17,18)65(19,20)90-77)44-53(79-93-68(25,26)69(27,28)94-79)46-55(81-97-72(33,34)73(35,36)98-81)48-74-83-58(5,6)59(7,8)84-74/h39,49-56H,1,40-48H2,2-38H3/t49-,50-,51+,52-,53-,54-,55-,56-/m1/s1. The van der Waals surface area contributed by atoms with Crippen molar-refractivity contribution in [3.8, 4) is 0 Å². The van der Waals surface area contributed by atoms with Crippen LogP contribution in [0, 0.1) is 0 Å². The summed E-state index contributed by atoms with van der Waals surface area (Å²) in [6, 6.07) is 0. The Balaban J connectivity index is 1.29. The lowest BCUT2D eigenvalue weighted by molar-refractivity contribution is 0.00578. The summed E-state index contributed by atoms with van der Waals surface area (Å²) in [4.78, 5) is 0. The molecule has 0 aromatic rings. The van der Waals surface area contributed by atoms with Crippen molar-refractivity contribution in [3.63, 3.8) is 0 Å². The zero-order valence-electron chi connectivity index (χ0n) is 69.8. The molecule has 0 unspecified atom stereocenters. The van der Waals surface area contributed by atoms with Gasteiger partial charge in [-0.2, -0.15) is 0 Å². The van der Waals surface area contributed by atoms with Gasteiger partial charge in [-0.05, 0) is 300 Å². The lowest BCUT2D eigenvalue weighted by atomic mass is 9.48. The zero-order chi connectivity index (χ0) is 75.3. The van der Waals surface area contributed by atoms with E-state index in [0.717, 1.165) is 0 Å². The van der Waals surface area contributed by atoms with Gasteiger partial charge < -0.3 is 78.9 Å². The van der Waals surface area contributed by atoms with Crippen LogP contribution in [0.25, 0.3) is 0 Å². The van der Waals surface area contributed by atoms with Crippen LogP contribution < -0.4 is 0 Å². The van der Waals surface area contributed by atoms with E-state index in [1.54, 1.807) is 0 Å². The van der Waals surface area contributed by atoms with Gasteiger partial charge in [0.1, 0.15) is 0 Å². The summed E-state index contributed by atoms with van der Waals surface area (Å²) < 4.78 is 123. The molecule has 8 aliphatic heterocycles. The van der Waals surface area contributed by atoms with E-state index < -0.39 is 155 Å². The van der Waals surface area contributed by atoms with Gasteiger partial charge in [0.25, 0.3) is 0 Å². The maximum absolute atomic E-state index is 7.42. The fourth-order valence-electron chi connectivity index (χ4n) is 14.7. The molecular weight excluding hydrogens is 1260 g/mol. The van der Waals surface area contributed by atoms with E-state index in [9.17, 15) is 0 Å². The fraction of sp³-hybridized carbons (Fsp3) is 0.973. The third kappa shape index (κ3) is 17.1. The minimum Gasteiger partial charge on any atom is -0.414 e. The van der Waals surface area contributed by atoms with Gasteiger partial charge in [-0.1, -0.05) is 65.4 Å². The average molecular weight is 1400 g/mol. The molecule has 0 radical (unpaired) electrons. The van der Waals surface area contributed by atoms with Gasteiger partial charge in [0.2, 0.25) is 0 Å². The summed E-state index contributed by atoms with van der Waals surface area (Å²) in [5, 5.41) is -0.0264. The molecule has 99 heavy (non-hydrogen) atoms. The summed E-state index contributed by atoms with van der Waals surface area (Å²) in [5.74, 6) is -1.85. The molecule has 0 aromatic heterocycles. The summed E-state index contributed by atoms with van der Waals surface area (Å²) in [7, 11) is -7.30. The maximum Gasteiger partial charge on any atom is 0.461 e. The topological polar surface area (TPSA) is 157 Å². The summed E-state index contributed by atoms with van der Waals surface area (Å²) in [6.45, 7) is 84.1. The summed E-state index contributed by atoms with van der Waals surface area (Å²) >= 11 is 0. The van der Waals surface area contributed by atoms with E-state index in [4.69, 9.17) is 78.9 Å². The summed E-state index contributed by atoms with van der Waals surface area (Å²) in [6.07, 6.45) is 7.10. The maximum atomic E-state index is 7.42. The molecule has 8 fully saturated rings. The first-order chi connectivity index (χ1) is 44.2. The highest BCUT2D eigenvalue weighted by atomic mass is 28.4. The Bertz CT molecular complexity index is 2690. The van der Waals surface area contributed by atoms with Gasteiger partial charge in [-0.15, -0.1) is 6.58 Å². The predicted octanol–water partition coefficient (Wildman–Crippen LogP) is 18.0. The molecule has 0 N–H and O–H groups in total. The number of hydrogen-bond acceptors (Lipinski definition) is 17. The molecule has 26 heteroatoms. The van der Waals surface area contributed by atoms with E-state index >= 15 is 0 Å². The normalized spacial score (nSPS) is 30.1. The Morgan fingerprint density at radius 2 is 0.444 bits per heavy atom. The van der Waals surface area contributed by atoms with E-state index in [-0.39, 0.29) is 51.9 Å². The first-order valence-corrected chi connectivity index (χ1v) is 41.2. The molecule has 8 saturated heterocycles. The van der Waals surface area contributed by atoms with Crippen molar-refractivity contribution in [3.05, 3.63) is 12.7 Å². The zero-order valence-corrected chi connectivity index (χ0v) is 70.8. The van der Waals surface area contributed by atoms with E-state index in [1.807, 2.05) is 6.08 Å². The van der Waals surface area contributed by atoms with Crippen LogP contribution in [0.4, 0.5) is 0 Å². The van der Waals surface area contributed by atoms with Crippen molar-refractivity contribution < 1.29 is 78.9 Å². The van der Waals surface area contributed by atoms with Crippen LogP contribution >= 0.6 is 0 Å². The molecule has 0 amide bonds. The molecule has 0 aliphatic carbocycles. The molecule has 8 heterocycles. The van der Waals surface area contributed by atoms with Crippen LogP contribution in [0.15, 0.2) is 12.7 Å². The van der Waals surface area contributed by atoms with Crippen LogP contribution in [0.2, 0.25) is 65.2 Å². The Labute approximate surface area is 608 Å². The second kappa shape index (κ2) is 27.4. The van der Waals surface area contributed by atoms with Crippen molar-refractivity contribution in [1.82, 2.24) is 0 Å². The quantitative estimate of drug-likeness (QED) is 0.0565. The molecule has 0 saturated carbocycles. The summed E-state index contributed by atoms with van der Waals surface area (Å²) in [5.41, 5.74) is -10.2. The highest BCUT2D eigenvalue weighted by Crippen LogP contribution is 2.58. The second-order valence-electron chi connectivity index (χ2n) is 41.3. The lowest BCUT2D eigenvalue weighted by Gasteiger charge is -2.40. The smallest absolute Gasteiger partial charge is 0.414 e. The van der Waals surface area contributed by atoms with Gasteiger partial charge >= 0.3 is 56.9 Å². The second-order valence-corrected chi connectivity index (χ2v) is 46.0. The van der Waals surface area contributed by atoms with Gasteiger partial charge in [-0.3, -0.25) is 0 Å². The van der Waals surface area contributed by atoms with E-state index in [2.05, 4.69) is 262 Å². The van der Waals surface area contributed by atoms with Crippen LogP contribution in [0.5, 0.6) is 0 Å². The van der Waals surface area contributed by atoms with Crippen LogP contribution in [0.1, 0.15) is 294 Å². The molecule has 0 bridgehead atoms. The lowest BCUT2D eigenvalue weighted by Crippen LogP contribution is -2.45. The predicted molar refractivity (Wildman–Crippen MR) is 409 cm³/mol. The molecule has 562 valence electrons. The van der Waals surface area contributed by atoms with Gasteiger partial charge in [0.15, 0.2) is 8.32 Å². The monoisotopic (exact) mass is 1410 g/mol. The van der Waals surface area contributed by atoms with E-state index in [0.29, 0.717) is 57.7 Å². The van der Waals surface area contributed by atoms with Crippen molar-refractivity contribution in [2.75, 3.05) is 0 Å². The van der Waals surface area contributed by atoms with Crippen LogP contribution in [0.3, 0.4) is 0 Å². The van der Waals surface area contributed by atoms with Crippen molar-refractivity contribution in [1.29, 1.82) is 0 Å². The Kier molecular flexibility index (Phi) is 23.4. The number of rotatable bonds is 27. The Morgan fingerprint density at radius 1 is 0.283 bits per heavy atom. The first-order valence-electron chi connectivity index (χ1n) is 38.3. The molecule has 8 rings (SSSR count). The van der Waals surface area contributed by atoms with Crippen LogP contribution in [-0.2, 0) is 78.9 Å². The highest BCUT2D eigenvalue weighted by Gasteiger charge is 2.66. The molecule has 8 aliphatic rings. The van der Waals surface area contributed by atoms with Gasteiger partial charge in [0, 0.05) is 6.10 Å². The Hall–Kier alpha value is -0.204. The third-order valence-electron chi connectivity index (χ3n) is 28.3. The molecule has 0 aromatic carbocycles. The molecule has 8 atom stereocenters. The fourth-order valence-corrected chi connectivity index (χ4v) is 16.1. The van der Waals surface area contributed by atoms with Crippen molar-refractivity contribution >= 4 is 65.3 Å². The largest absolute Gasteiger partial charge is 0.461 e. The minimum atomic E-state index is -2.30. The third-order valence-corrected chi connectivity index (χ3v) is 32.8. The van der Waals surface area contributed by atoms with Gasteiger partial charge in [0.05, 0.1) is 89.6 Å². The highest BCUT2D eigenvalue weighted by molar-refractivity contribution is 6.74. The minimum absolute atomic E-state index is 0.0264. The molecular formula is C73H140B8O17Si. The average Bonchev–Trinajstić information content (AvgIpc) is 1.46. The van der Waals surface area contributed by atoms with Crippen molar-refractivity contribution in [2.45, 2.75) is 455 Å². The molecule has 17 nitrogen and oxygen atoms in total. The first kappa shape index (κ1) is 84.4. The number of hydrogen-bond donors (Lipinski definition) is 0. The Morgan fingerprint density at radius 3 is 0.626 bits per heavy atom. The van der Waals surface area contributed by atoms with Gasteiger partial charge in [-0.25, -0.2) is 0 Å². The van der Waals surface area contributed by atoms with E-state index in [1.165, 1.54) is 0 Å². The van der Waals surface area contributed by atoms with Crippen molar-refractivity contribution in [2.24, 2.45) is 0 Å². The molecule has 0 spiro atoms. The van der Waals surface area contributed by atoms with Crippen LogP contribution in [-0.4, -0.2) is 161 Å². The SMILES string of the molecule is C=CC[C@H](C[C@@H](C[C@@H](C[C@@H](C[C@H](C[C@@H](C[C@H](C[C@H](CB1OC(C)(C)C(C)(C)O1)B1OC(C)(C)C(C)(C)O1)B1OC(C)(C)C(C)(C)O1)B1OC(C)(C)C(C)(C)O1)B1OC(C)(C)C(C)(C)O1)B1OC(C)(C)C(C)(C)O1)B1OC(C)(C)C(C)(C)O1)B1OC(C)(C)C(C)(C)O1)O[Si](C)(C)C(C)(C)C.